The maximum atomic E-state index is 13.1. The molecule has 0 saturated carbocycles. The summed E-state index contributed by atoms with van der Waals surface area (Å²) in [6, 6.07) is 12.5. The second-order valence-corrected chi connectivity index (χ2v) is 6.66. The zero-order valence-corrected chi connectivity index (χ0v) is 15.7. The molecule has 2 N–H and O–H groups in total. The van der Waals surface area contributed by atoms with E-state index in [-0.39, 0.29) is 34.3 Å². The Bertz CT molecular complexity index is 1240. The second kappa shape index (κ2) is 7.48. The van der Waals surface area contributed by atoms with Crippen LogP contribution in [0.4, 0.5) is 19.1 Å². The van der Waals surface area contributed by atoms with E-state index in [0.29, 0.717) is 5.56 Å². The fraction of sp³-hybridized carbons (Fsp3) is 0.143. The number of halogens is 3. The van der Waals surface area contributed by atoms with Crippen molar-refractivity contribution in [2.45, 2.75) is 19.1 Å². The van der Waals surface area contributed by atoms with Gasteiger partial charge in [-0.25, -0.2) is 15.0 Å². The van der Waals surface area contributed by atoms with Crippen molar-refractivity contribution in [3.8, 4) is 17.3 Å². The summed E-state index contributed by atoms with van der Waals surface area (Å²) in [5.74, 6) is 0.259. The van der Waals surface area contributed by atoms with Gasteiger partial charge in [0.25, 0.3) is 0 Å². The zero-order chi connectivity index (χ0) is 21.3. The molecule has 9 heteroatoms. The van der Waals surface area contributed by atoms with E-state index in [1.165, 1.54) is 12.4 Å². The number of hydrogen-bond donors (Lipinski definition) is 2. The van der Waals surface area contributed by atoms with E-state index in [2.05, 4.69) is 25.3 Å². The topological polar surface area (TPSA) is 90.3 Å². The van der Waals surface area contributed by atoms with Crippen LogP contribution in [-0.4, -0.2) is 19.9 Å². The van der Waals surface area contributed by atoms with Gasteiger partial charge in [0.2, 0.25) is 5.95 Å². The van der Waals surface area contributed by atoms with Crippen LogP contribution in [0.1, 0.15) is 29.7 Å². The van der Waals surface area contributed by atoms with Gasteiger partial charge in [0.15, 0.2) is 0 Å². The summed E-state index contributed by atoms with van der Waals surface area (Å²) >= 11 is 0. The second-order valence-electron chi connectivity index (χ2n) is 6.66. The average Bonchev–Trinajstić information content (AvgIpc) is 3.17. The zero-order valence-electron chi connectivity index (χ0n) is 15.7. The highest BCUT2D eigenvalue weighted by Crippen LogP contribution is 2.34. The molecule has 4 aromatic rings. The molecule has 0 spiro atoms. The molecule has 3 heterocycles. The molecule has 0 aliphatic heterocycles. The molecular formula is C21H15F3N6. The lowest BCUT2D eigenvalue weighted by atomic mass is 10.1. The molecule has 0 aliphatic carbocycles. The number of nitrogens with one attached hydrogen (secondary N) is 2. The number of hydrogen-bond acceptors (Lipinski definition) is 5. The summed E-state index contributed by atoms with van der Waals surface area (Å²) in [6.07, 6.45) is -0.923. The minimum atomic E-state index is -4.53. The highest BCUT2D eigenvalue weighted by molar-refractivity contribution is 5.94. The Morgan fingerprint density at radius 3 is 2.60 bits per heavy atom. The fourth-order valence-corrected chi connectivity index (χ4v) is 3.11. The number of nitrogens with zero attached hydrogens (tertiary/aromatic N) is 4. The highest BCUT2D eigenvalue weighted by atomic mass is 19.4. The molecule has 3 aromatic heterocycles. The molecule has 1 aromatic carbocycles. The Morgan fingerprint density at radius 1 is 1.13 bits per heavy atom. The van der Waals surface area contributed by atoms with E-state index in [9.17, 15) is 18.4 Å². The van der Waals surface area contributed by atoms with Crippen LogP contribution in [0.3, 0.4) is 0 Å². The van der Waals surface area contributed by atoms with Crippen molar-refractivity contribution in [1.82, 2.24) is 19.9 Å². The van der Waals surface area contributed by atoms with Crippen molar-refractivity contribution < 1.29 is 13.2 Å². The van der Waals surface area contributed by atoms with E-state index in [0.717, 1.165) is 17.8 Å². The van der Waals surface area contributed by atoms with Gasteiger partial charge in [0.1, 0.15) is 11.7 Å². The number of benzene rings is 1. The summed E-state index contributed by atoms with van der Waals surface area (Å²) in [7, 11) is 0. The van der Waals surface area contributed by atoms with Gasteiger partial charge >= 0.3 is 6.18 Å². The molecule has 30 heavy (non-hydrogen) atoms. The lowest BCUT2D eigenvalue weighted by molar-refractivity contribution is -0.137. The molecule has 1 atom stereocenters. The summed E-state index contributed by atoms with van der Waals surface area (Å²) in [4.78, 5) is 15.3. The molecule has 4 rings (SSSR count). The van der Waals surface area contributed by atoms with Crippen molar-refractivity contribution in [2.24, 2.45) is 0 Å². The van der Waals surface area contributed by atoms with E-state index >= 15 is 0 Å². The van der Waals surface area contributed by atoms with Crippen LogP contribution in [0.5, 0.6) is 0 Å². The van der Waals surface area contributed by atoms with Crippen molar-refractivity contribution in [3.05, 3.63) is 71.7 Å². The van der Waals surface area contributed by atoms with Crippen LogP contribution in [0.15, 0.2) is 55.0 Å². The Labute approximate surface area is 169 Å². The number of nitriles is 1. The molecule has 6 nitrogen and oxygen atoms in total. The molecule has 0 unspecified atom stereocenters. The smallest absolute Gasteiger partial charge is 0.348 e. The SMILES string of the molecule is C[C@H](Nc1ncc(C#N)c(-c2c[nH]c3ncc(C(F)(F)F)cc23)n1)c1ccccc1. The summed E-state index contributed by atoms with van der Waals surface area (Å²) < 4.78 is 39.4. The minimum Gasteiger partial charge on any atom is -0.348 e. The van der Waals surface area contributed by atoms with Crippen LogP contribution in [0.25, 0.3) is 22.3 Å². The maximum absolute atomic E-state index is 13.1. The monoisotopic (exact) mass is 408 g/mol. The van der Waals surface area contributed by atoms with Crippen molar-refractivity contribution in [3.63, 3.8) is 0 Å². The van der Waals surface area contributed by atoms with E-state index in [1.54, 1.807) is 0 Å². The number of H-pyrrole nitrogens is 1. The van der Waals surface area contributed by atoms with Crippen LogP contribution >= 0.6 is 0 Å². The summed E-state index contributed by atoms with van der Waals surface area (Å²) in [5.41, 5.74) is 1.12. The van der Waals surface area contributed by atoms with E-state index < -0.39 is 11.7 Å². The predicted octanol–water partition coefficient (Wildman–Crippen LogP) is 5.08. The lowest BCUT2D eigenvalue weighted by Gasteiger charge is -2.15. The lowest BCUT2D eigenvalue weighted by Crippen LogP contribution is -2.10. The number of alkyl halides is 3. The molecule has 0 aliphatic rings. The van der Waals surface area contributed by atoms with Gasteiger partial charge in [-0.05, 0) is 18.6 Å². The first-order chi connectivity index (χ1) is 14.4. The fourth-order valence-electron chi connectivity index (χ4n) is 3.11. The van der Waals surface area contributed by atoms with Gasteiger partial charge in [-0.15, -0.1) is 0 Å². The molecule has 0 saturated heterocycles. The van der Waals surface area contributed by atoms with E-state index in [4.69, 9.17) is 0 Å². The van der Waals surface area contributed by atoms with Crippen LogP contribution in [0, 0.1) is 11.3 Å². The molecule has 0 fully saturated rings. The number of aromatic nitrogens is 4. The molecule has 150 valence electrons. The normalized spacial score (nSPS) is 12.5. The quantitative estimate of drug-likeness (QED) is 0.491. The van der Waals surface area contributed by atoms with Crippen LogP contribution in [0.2, 0.25) is 0 Å². The molecule has 0 amide bonds. The van der Waals surface area contributed by atoms with Crippen molar-refractivity contribution in [1.29, 1.82) is 5.26 Å². The first-order valence-corrected chi connectivity index (χ1v) is 9.00. The highest BCUT2D eigenvalue weighted by Gasteiger charge is 2.31. The standard InChI is InChI=1S/C21H15F3N6/c1-12(13-5-3-2-4-6-13)29-20-28-9-14(8-25)18(30-20)17-11-27-19-16(17)7-15(10-26-19)21(22,23)24/h2-7,9-12H,1H3,(H,26,27)(H,28,29,30)/t12-/m0/s1. The van der Waals surface area contributed by atoms with E-state index in [1.807, 2.05) is 43.3 Å². The Kier molecular flexibility index (Phi) is 4.83. The van der Waals surface area contributed by atoms with Gasteiger partial charge in [-0.3, -0.25) is 0 Å². The Balaban J connectivity index is 1.77. The minimum absolute atomic E-state index is 0.117. The first kappa shape index (κ1) is 19.4. The van der Waals surface area contributed by atoms with Gasteiger partial charge in [0.05, 0.1) is 29.1 Å². The van der Waals surface area contributed by atoms with Crippen molar-refractivity contribution >= 4 is 17.0 Å². The van der Waals surface area contributed by atoms with Gasteiger partial charge in [-0.1, -0.05) is 30.3 Å². The third kappa shape index (κ3) is 3.67. The number of pyridine rings is 1. The number of aromatic amines is 1. The number of rotatable bonds is 4. The van der Waals surface area contributed by atoms with Gasteiger partial charge in [-0.2, -0.15) is 18.4 Å². The molecular weight excluding hydrogens is 393 g/mol. The average molecular weight is 408 g/mol. The summed E-state index contributed by atoms with van der Waals surface area (Å²) in [6.45, 7) is 1.93. The molecule has 0 bridgehead atoms. The predicted molar refractivity (Wildman–Crippen MR) is 105 cm³/mol. The van der Waals surface area contributed by atoms with Gasteiger partial charge < -0.3 is 10.3 Å². The largest absolute Gasteiger partial charge is 0.417 e. The first-order valence-electron chi connectivity index (χ1n) is 9.00. The van der Waals surface area contributed by atoms with Gasteiger partial charge in [0, 0.05) is 23.3 Å². The molecule has 0 radical (unpaired) electrons. The number of anilines is 1. The van der Waals surface area contributed by atoms with Crippen LogP contribution in [-0.2, 0) is 6.18 Å². The number of fused-ring (bicyclic) bond motifs is 1. The maximum Gasteiger partial charge on any atom is 0.417 e. The third-order valence-corrected chi connectivity index (χ3v) is 4.67. The Morgan fingerprint density at radius 2 is 1.90 bits per heavy atom. The van der Waals surface area contributed by atoms with Crippen LogP contribution < -0.4 is 5.32 Å². The summed E-state index contributed by atoms with van der Waals surface area (Å²) in [5, 5.41) is 12.8. The van der Waals surface area contributed by atoms with Crippen molar-refractivity contribution in [2.75, 3.05) is 5.32 Å². The Hall–Kier alpha value is -3.93. The third-order valence-electron chi connectivity index (χ3n) is 4.67.